The summed E-state index contributed by atoms with van der Waals surface area (Å²) in [6.45, 7) is 3.37. The zero-order valence-electron chi connectivity index (χ0n) is 12.0. The van der Waals surface area contributed by atoms with Gasteiger partial charge in [0.05, 0.1) is 23.4 Å². The lowest BCUT2D eigenvalue weighted by Crippen LogP contribution is -2.11. The zero-order valence-corrected chi connectivity index (χ0v) is 12.0. The van der Waals surface area contributed by atoms with Crippen LogP contribution < -0.4 is 0 Å². The van der Waals surface area contributed by atoms with Crippen LogP contribution in [-0.2, 0) is 25.9 Å². The molecule has 3 heterocycles. The van der Waals surface area contributed by atoms with Crippen LogP contribution in [0, 0.1) is 17.0 Å². The van der Waals surface area contributed by atoms with Gasteiger partial charge in [-0.1, -0.05) is 6.42 Å². The molecule has 1 aliphatic heterocycles. The highest BCUT2D eigenvalue weighted by atomic mass is 16.6. The van der Waals surface area contributed by atoms with Gasteiger partial charge in [0.1, 0.15) is 11.6 Å². The first-order valence-corrected chi connectivity index (χ1v) is 7.25. The number of fused-ring (bicyclic) bond motifs is 1. The molecule has 0 N–H and O–H groups in total. The van der Waals surface area contributed by atoms with E-state index in [1.165, 1.54) is 18.9 Å². The Labute approximate surface area is 121 Å². The molecule has 1 aliphatic rings. The average molecular weight is 290 g/mol. The van der Waals surface area contributed by atoms with Gasteiger partial charge in [-0.05, 0) is 24.7 Å². The van der Waals surface area contributed by atoms with E-state index in [4.69, 9.17) is 0 Å². The molecule has 0 spiro atoms. The normalized spacial score (nSPS) is 14.7. The molecule has 0 saturated carbocycles. The molecule has 2 aromatic heterocycles. The molecule has 0 unspecified atom stereocenters. The first-order valence-electron chi connectivity index (χ1n) is 7.25. The van der Waals surface area contributed by atoms with Gasteiger partial charge in [0, 0.05) is 19.4 Å². The second-order valence-electron chi connectivity index (χ2n) is 5.37. The summed E-state index contributed by atoms with van der Waals surface area (Å²) in [6.07, 6.45) is 5.23. The van der Waals surface area contributed by atoms with Crippen LogP contribution in [0.5, 0.6) is 0 Å². The third-order valence-corrected chi connectivity index (χ3v) is 3.89. The van der Waals surface area contributed by atoms with Crippen molar-refractivity contribution in [2.45, 2.75) is 52.1 Å². The van der Waals surface area contributed by atoms with Gasteiger partial charge in [-0.25, -0.2) is 0 Å². The molecule has 8 nitrogen and oxygen atoms in total. The molecular weight excluding hydrogens is 272 g/mol. The summed E-state index contributed by atoms with van der Waals surface area (Å²) in [6, 6.07) is 1.49. The molecule has 0 saturated heterocycles. The number of nitrogens with zero attached hydrogens (tertiary/aromatic N) is 6. The predicted molar refractivity (Wildman–Crippen MR) is 74.9 cm³/mol. The van der Waals surface area contributed by atoms with E-state index in [2.05, 4.69) is 19.9 Å². The fraction of sp³-hybridized carbons (Fsp3) is 0.615. The highest BCUT2D eigenvalue weighted by Crippen LogP contribution is 2.16. The van der Waals surface area contributed by atoms with Gasteiger partial charge in [-0.3, -0.25) is 0 Å². The second-order valence-corrected chi connectivity index (χ2v) is 5.37. The fourth-order valence-electron chi connectivity index (χ4n) is 2.74. The summed E-state index contributed by atoms with van der Waals surface area (Å²) in [5.41, 5.74) is 0.789. The number of aryl methyl sites for hydroxylation is 4. The van der Waals surface area contributed by atoms with E-state index >= 15 is 0 Å². The van der Waals surface area contributed by atoms with Crippen LogP contribution in [-0.4, -0.2) is 29.5 Å². The van der Waals surface area contributed by atoms with Crippen LogP contribution in [0.1, 0.15) is 36.6 Å². The minimum atomic E-state index is -0.466. The second kappa shape index (κ2) is 5.63. The van der Waals surface area contributed by atoms with Crippen molar-refractivity contribution in [1.29, 1.82) is 0 Å². The third-order valence-electron chi connectivity index (χ3n) is 3.89. The maximum absolute atomic E-state index is 10.7. The van der Waals surface area contributed by atoms with E-state index in [0.29, 0.717) is 13.0 Å². The summed E-state index contributed by atoms with van der Waals surface area (Å²) in [5, 5.41) is 23.3. The third kappa shape index (κ3) is 2.79. The van der Waals surface area contributed by atoms with Gasteiger partial charge in [0.2, 0.25) is 0 Å². The first kappa shape index (κ1) is 13.7. The number of nitro groups is 1. The van der Waals surface area contributed by atoms with Crippen LogP contribution in [0.3, 0.4) is 0 Å². The Morgan fingerprint density at radius 2 is 2.19 bits per heavy atom. The molecule has 8 heteroatoms. The Morgan fingerprint density at radius 3 is 2.95 bits per heavy atom. The quantitative estimate of drug-likeness (QED) is 0.630. The summed E-state index contributed by atoms with van der Waals surface area (Å²) < 4.78 is 3.86. The van der Waals surface area contributed by atoms with E-state index in [0.717, 1.165) is 36.7 Å². The molecule has 0 bridgehead atoms. The van der Waals surface area contributed by atoms with Gasteiger partial charge in [0.15, 0.2) is 0 Å². The Balaban J connectivity index is 1.73. The number of hydrogen-bond acceptors (Lipinski definition) is 5. The largest absolute Gasteiger partial charge is 0.390 e. The minimum absolute atomic E-state index is 0.104. The van der Waals surface area contributed by atoms with E-state index < -0.39 is 4.92 Å². The molecule has 0 radical (unpaired) electrons. The Hall–Kier alpha value is -2.25. The molecule has 2 aromatic rings. The van der Waals surface area contributed by atoms with Crippen molar-refractivity contribution < 1.29 is 4.92 Å². The summed E-state index contributed by atoms with van der Waals surface area (Å²) in [7, 11) is 0. The fourth-order valence-corrected chi connectivity index (χ4v) is 2.74. The van der Waals surface area contributed by atoms with Crippen LogP contribution in [0.4, 0.5) is 5.82 Å². The summed E-state index contributed by atoms with van der Waals surface area (Å²) in [5.74, 6) is 1.91. The van der Waals surface area contributed by atoms with Crippen molar-refractivity contribution in [1.82, 2.24) is 24.5 Å². The Kier molecular flexibility index (Phi) is 3.68. The molecule has 0 aliphatic carbocycles. The van der Waals surface area contributed by atoms with E-state index in [9.17, 15) is 10.1 Å². The zero-order chi connectivity index (χ0) is 14.8. The van der Waals surface area contributed by atoms with Crippen LogP contribution >= 0.6 is 0 Å². The monoisotopic (exact) mass is 290 g/mol. The number of aromatic nitrogens is 5. The van der Waals surface area contributed by atoms with Crippen LogP contribution in [0.2, 0.25) is 0 Å². The van der Waals surface area contributed by atoms with Crippen molar-refractivity contribution in [3.63, 3.8) is 0 Å². The molecule has 0 amide bonds. The Morgan fingerprint density at radius 1 is 1.33 bits per heavy atom. The van der Waals surface area contributed by atoms with Gasteiger partial charge >= 0.3 is 5.82 Å². The van der Waals surface area contributed by atoms with Crippen molar-refractivity contribution in [3.05, 3.63) is 33.5 Å². The lowest BCUT2D eigenvalue weighted by atomic mass is 10.2. The molecule has 0 aromatic carbocycles. The predicted octanol–water partition coefficient (Wildman–Crippen LogP) is 1.66. The standard InChI is InChI=1S/C13H18N6O2/c1-10-9-13(19(20)21)16-18(10)8-6-12-15-14-11-5-3-2-4-7-17(11)12/h9H,2-8H2,1H3. The van der Waals surface area contributed by atoms with Crippen molar-refractivity contribution in [2.75, 3.05) is 0 Å². The van der Waals surface area contributed by atoms with Crippen LogP contribution in [0.25, 0.3) is 0 Å². The van der Waals surface area contributed by atoms with Crippen molar-refractivity contribution in [2.24, 2.45) is 0 Å². The lowest BCUT2D eigenvalue weighted by molar-refractivity contribution is -0.389. The molecule has 3 rings (SSSR count). The smallest absolute Gasteiger partial charge is 0.358 e. The summed E-state index contributed by atoms with van der Waals surface area (Å²) >= 11 is 0. The summed E-state index contributed by atoms with van der Waals surface area (Å²) in [4.78, 5) is 10.3. The molecule has 112 valence electrons. The lowest BCUT2D eigenvalue weighted by Gasteiger charge is -2.06. The van der Waals surface area contributed by atoms with Crippen molar-refractivity contribution >= 4 is 5.82 Å². The van der Waals surface area contributed by atoms with Gasteiger partial charge in [-0.2, -0.15) is 4.68 Å². The van der Waals surface area contributed by atoms with Crippen molar-refractivity contribution in [3.8, 4) is 0 Å². The van der Waals surface area contributed by atoms with Gasteiger partial charge in [0.25, 0.3) is 0 Å². The van der Waals surface area contributed by atoms with E-state index in [-0.39, 0.29) is 5.82 Å². The Bertz CT molecular complexity index is 660. The van der Waals surface area contributed by atoms with Gasteiger partial charge in [-0.15, -0.1) is 10.2 Å². The first-order chi connectivity index (χ1) is 10.1. The molecule has 0 atom stereocenters. The molecule has 21 heavy (non-hydrogen) atoms. The number of rotatable bonds is 4. The maximum Gasteiger partial charge on any atom is 0.390 e. The highest BCUT2D eigenvalue weighted by Gasteiger charge is 2.18. The molecule has 0 fully saturated rings. The van der Waals surface area contributed by atoms with E-state index in [1.807, 2.05) is 6.92 Å². The average Bonchev–Trinajstić information content (AvgIpc) is 2.92. The molecular formula is C13H18N6O2. The maximum atomic E-state index is 10.7. The van der Waals surface area contributed by atoms with Gasteiger partial charge < -0.3 is 14.7 Å². The minimum Gasteiger partial charge on any atom is -0.358 e. The van der Waals surface area contributed by atoms with Crippen LogP contribution in [0.15, 0.2) is 6.07 Å². The topological polar surface area (TPSA) is 91.7 Å². The SMILES string of the molecule is Cc1cc([N+](=O)[O-])nn1CCc1nnc2n1CCCCC2. The highest BCUT2D eigenvalue weighted by molar-refractivity contribution is 5.20. The number of hydrogen-bond donors (Lipinski definition) is 0. The van der Waals surface area contributed by atoms with E-state index in [1.54, 1.807) is 4.68 Å².